The standard InChI is InChI=1S/C10H19N3O/c1-14-9-6-11-4-2-3-7-13-8-5-12-10-13/h5,8,10-11H,2-4,6-7,9H2,1H3. The normalized spacial score (nSPS) is 10.6. The molecule has 0 saturated heterocycles. The van der Waals surface area contributed by atoms with Crippen LogP contribution < -0.4 is 5.32 Å². The number of imidazole rings is 1. The molecule has 4 nitrogen and oxygen atoms in total. The van der Waals surface area contributed by atoms with Crippen molar-refractivity contribution in [2.45, 2.75) is 19.4 Å². The van der Waals surface area contributed by atoms with Crippen LogP contribution in [0.4, 0.5) is 0 Å². The van der Waals surface area contributed by atoms with Crippen LogP contribution in [0.25, 0.3) is 0 Å². The summed E-state index contributed by atoms with van der Waals surface area (Å²) < 4.78 is 7.04. The summed E-state index contributed by atoms with van der Waals surface area (Å²) in [5.74, 6) is 0. The van der Waals surface area contributed by atoms with E-state index in [4.69, 9.17) is 4.74 Å². The fourth-order valence-corrected chi connectivity index (χ4v) is 1.26. The second-order valence-electron chi connectivity index (χ2n) is 3.25. The molecule has 14 heavy (non-hydrogen) atoms. The van der Waals surface area contributed by atoms with Gasteiger partial charge in [0.25, 0.3) is 0 Å². The van der Waals surface area contributed by atoms with E-state index in [9.17, 15) is 0 Å². The van der Waals surface area contributed by atoms with Gasteiger partial charge < -0.3 is 14.6 Å². The molecule has 0 unspecified atom stereocenters. The fourth-order valence-electron chi connectivity index (χ4n) is 1.26. The largest absolute Gasteiger partial charge is 0.383 e. The molecule has 1 rings (SSSR count). The summed E-state index contributed by atoms with van der Waals surface area (Å²) in [6.07, 6.45) is 8.06. The highest BCUT2D eigenvalue weighted by Gasteiger charge is 1.90. The first-order valence-electron chi connectivity index (χ1n) is 5.09. The Labute approximate surface area is 85.3 Å². The lowest BCUT2D eigenvalue weighted by molar-refractivity contribution is 0.199. The highest BCUT2D eigenvalue weighted by atomic mass is 16.5. The molecule has 0 fully saturated rings. The van der Waals surface area contributed by atoms with E-state index in [0.29, 0.717) is 0 Å². The number of rotatable bonds is 8. The number of hydrogen-bond acceptors (Lipinski definition) is 3. The van der Waals surface area contributed by atoms with Crippen LogP contribution in [-0.4, -0.2) is 36.4 Å². The number of nitrogens with one attached hydrogen (secondary N) is 1. The molecule has 80 valence electrons. The Hall–Kier alpha value is -0.870. The van der Waals surface area contributed by atoms with Crippen molar-refractivity contribution in [1.29, 1.82) is 0 Å². The van der Waals surface area contributed by atoms with Gasteiger partial charge in [0.1, 0.15) is 0 Å². The Morgan fingerprint density at radius 2 is 2.29 bits per heavy atom. The lowest BCUT2D eigenvalue weighted by Gasteiger charge is -2.04. The first-order valence-corrected chi connectivity index (χ1v) is 5.09. The first kappa shape index (κ1) is 11.2. The molecule has 0 spiro atoms. The number of hydrogen-bond donors (Lipinski definition) is 1. The molecule has 0 bridgehead atoms. The van der Waals surface area contributed by atoms with E-state index < -0.39 is 0 Å². The van der Waals surface area contributed by atoms with Gasteiger partial charge in [-0.25, -0.2) is 4.98 Å². The number of methoxy groups -OCH3 is 1. The van der Waals surface area contributed by atoms with Gasteiger partial charge in [-0.2, -0.15) is 0 Å². The van der Waals surface area contributed by atoms with Crippen molar-refractivity contribution in [1.82, 2.24) is 14.9 Å². The summed E-state index contributed by atoms with van der Waals surface area (Å²) in [5, 5.41) is 3.32. The predicted octanol–water partition coefficient (Wildman–Crippen LogP) is 0.899. The van der Waals surface area contributed by atoms with Crippen LogP contribution in [-0.2, 0) is 11.3 Å². The van der Waals surface area contributed by atoms with Gasteiger partial charge >= 0.3 is 0 Å². The molecule has 0 aliphatic carbocycles. The maximum atomic E-state index is 4.93. The summed E-state index contributed by atoms with van der Waals surface area (Å²) in [5.41, 5.74) is 0. The summed E-state index contributed by atoms with van der Waals surface area (Å²) in [4.78, 5) is 3.99. The maximum absolute atomic E-state index is 4.93. The molecule has 0 aromatic carbocycles. The second-order valence-corrected chi connectivity index (χ2v) is 3.25. The van der Waals surface area contributed by atoms with Crippen LogP contribution in [0.2, 0.25) is 0 Å². The monoisotopic (exact) mass is 197 g/mol. The van der Waals surface area contributed by atoms with Crippen molar-refractivity contribution in [3.63, 3.8) is 0 Å². The number of nitrogens with zero attached hydrogens (tertiary/aromatic N) is 2. The Morgan fingerprint density at radius 3 is 3.00 bits per heavy atom. The van der Waals surface area contributed by atoms with Gasteiger partial charge in [-0.1, -0.05) is 0 Å². The molecular formula is C10H19N3O. The summed E-state index contributed by atoms with van der Waals surface area (Å²) in [6.45, 7) is 3.87. The molecule has 0 aliphatic heterocycles. The molecule has 4 heteroatoms. The van der Waals surface area contributed by atoms with Crippen molar-refractivity contribution in [2.24, 2.45) is 0 Å². The Bertz CT molecular complexity index is 211. The molecule has 1 heterocycles. The second kappa shape index (κ2) is 7.53. The van der Waals surface area contributed by atoms with Gasteiger partial charge in [-0.05, 0) is 19.4 Å². The van der Waals surface area contributed by atoms with E-state index in [2.05, 4.69) is 14.9 Å². The van der Waals surface area contributed by atoms with Crippen LogP contribution in [0.1, 0.15) is 12.8 Å². The number of ether oxygens (including phenoxy) is 1. The van der Waals surface area contributed by atoms with E-state index in [1.54, 1.807) is 7.11 Å². The third kappa shape index (κ3) is 4.99. The zero-order valence-electron chi connectivity index (χ0n) is 8.78. The minimum Gasteiger partial charge on any atom is -0.383 e. The van der Waals surface area contributed by atoms with Crippen molar-refractivity contribution in [2.75, 3.05) is 26.8 Å². The van der Waals surface area contributed by atoms with Crippen molar-refractivity contribution < 1.29 is 4.74 Å². The molecule has 1 N–H and O–H groups in total. The Balaban J connectivity index is 1.85. The lowest BCUT2D eigenvalue weighted by atomic mass is 10.3. The van der Waals surface area contributed by atoms with Crippen LogP contribution in [0.5, 0.6) is 0 Å². The smallest absolute Gasteiger partial charge is 0.0945 e. The zero-order valence-corrected chi connectivity index (χ0v) is 8.78. The van der Waals surface area contributed by atoms with Crippen molar-refractivity contribution in [3.8, 4) is 0 Å². The highest BCUT2D eigenvalue weighted by Crippen LogP contribution is 1.93. The summed E-state index contributed by atoms with van der Waals surface area (Å²) >= 11 is 0. The zero-order chi connectivity index (χ0) is 10.1. The number of aryl methyl sites for hydroxylation is 1. The molecule has 0 atom stereocenters. The van der Waals surface area contributed by atoms with E-state index >= 15 is 0 Å². The van der Waals surface area contributed by atoms with Crippen LogP contribution >= 0.6 is 0 Å². The Kier molecular flexibility index (Phi) is 6.02. The predicted molar refractivity (Wildman–Crippen MR) is 56.2 cm³/mol. The average Bonchev–Trinajstić information content (AvgIpc) is 2.69. The van der Waals surface area contributed by atoms with Crippen molar-refractivity contribution >= 4 is 0 Å². The number of unbranched alkanes of at least 4 members (excludes halogenated alkanes) is 1. The van der Waals surface area contributed by atoms with Crippen LogP contribution in [0.3, 0.4) is 0 Å². The SMILES string of the molecule is COCCNCCCCn1ccnc1. The third-order valence-corrected chi connectivity index (χ3v) is 2.06. The van der Waals surface area contributed by atoms with Gasteiger partial charge in [0.05, 0.1) is 12.9 Å². The van der Waals surface area contributed by atoms with Gasteiger partial charge in [-0.15, -0.1) is 0 Å². The molecular weight excluding hydrogens is 178 g/mol. The van der Waals surface area contributed by atoms with Crippen LogP contribution in [0, 0.1) is 0 Å². The molecule has 1 aromatic heterocycles. The van der Waals surface area contributed by atoms with Gasteiger partial charge in [0.2, 0.25) is 0 Å². The molecule has 0 radical (unpaired) electrons. The van der Waals surface area contributed by atoms with Crippen LogP contribution in [0.15, 0.2) is 18.7 Å². The van der Waals surface area contributed by atoms with E-state index in [0.717, 1.165) is 26.2 Å². The highest BCUT2D eigenvalue weighted by molar-refractivity contribution is 4.73. The van der Waals surface area contributed by atoms with Gasteiger partial charge in [0.15, 0.2) is 0 Å². The average molecular weight is 197 g/mol. The van der Waals surface area contributed by atoms with Gasteiger partial charge in [0, 0.05) is 32.6 Å². The molecule has 0 saturated carbocycles. The van der Waals surface area contributed by atoms with Gasteiger partial charge in [-0.3, -0.25) is 0 Å². The van der Waals surface area contributed by atoms with E-state index in [1.165, 1.54) is 12.8 Å². The third-order valence-electron chi connectivity index (χ3n) is 2.06. The van der Waals surface area contributed by atoms with E-state index in [-0.39, 0.29) is 0 Å². The molecule has 0 aliphatic rings. The first-order chi connectivity index (χ1) is 6.93. The minimum absolute atomic E-state index is 0.793. The number of aromatic nitrogens is 2. The van der Waals surface area contributed by atoms with Crippen molar-refractivity contribution in [3.05, 3.63) is 18.7 Å². The topological polar surface area (TPSA) is 39.1 Å². The fraction of sp³-hybridized carbons (Fsp3) is 0.700. The molecule has 1 aromatic rings. The maximum Gasteiger partial charge on any atom is 0.0945 e. The van der Waals surface area contributed by atoms with E-state index in [1.807, 2.05) is 18.7 Å². The molecule has 0 amide bonds. The summed E-state index contributed by atoms with van der Waals surface area (Å²) in [7, 11) is 1.72. The summed E-state index contributed by atoms with van der Waals surface area (Å²) in [6, 6.07) is 0. The Morgan fingerprint density at radius 1 is 1.36 bits per heavy atom. The minimum atomic E-state index is 0.793. The quantitative estimate of drug-likeness (QED) is 0.629. The lowest BCUT2D eigenvalue weighted by Crippen LogP contribution is -2.20.